The fourth-order valence-corrected chi connectivity index (χ4v) is 2.68. The largest absolute Gasteiger partial charge is 0.399 e. The molecule has 4 heteroatoms. The van der Waals surface area contributed by atoms with Crippen molar-refractivity contribution in [1.29, 1.82) is 0 Å². The van der Waals surface area contributed by atoms with Crippen LogP contribution < -0.4 is 16.8 Å². The Balaban J connectivity index is 2.15. The van der Waals surface area contributed by atoms with Gasteiger partial charge in [0.15, 0.2) is 0 Å². The molecule has 0 spiro atoms. The van der Waals surface area contributed by atoms with E-state index in [1.807, 2.05) is 6.07 Å². The second-order valence-electron chi connectivity index (χ2n) is 5.28. The summed E-state index contributed by atoms with van der Waals surface area (Å²) in [7, 11) is 0. The van der Waals surface area contributed by atoms with Crippen molar-refractivity contribution in [3.63, 3.8) is 0 Å². The number of carbonyl (C=O) groups is 1. The Morgan fingerprint density at radius 3 is 2.83 bits per heavy atom. The van der Waals surface area contributed by atoms with Crippen LogP contribution in [0.15, 0.2) is 18.2 Å². The Morgan fingerprint density at radius 1 is 1.39 bits per heavy atom. The van der Waals surface area contributed by atoms with Gasteiger partial charge in [-0.3, -0.25) is 4.79 Å². The van der Waals surface area contributed by atoms with Crippen LogP contribution in [0, 0.1) is 5.92 Å². The predicted molar refractivity (Wildman–Crippen MR) is 74.4 cm³/mol. The van der Waals surface area contributed by atoms with Crippen molar-refractivity contribution in [3.8, 4) is 0 Å². The molecule has 4 nitrogen and oxygen atoms in total. The predicted octanol–water partition coefficient (Wildman–Crippen LogP) is 2.36. The number of hydrogen-bond donors (Lipinski definition) is 3. The maximum atomic E-state index is 11.4. The van der Waals surface area contributed by atoms with Crippen molar-refractivity contribution >= 4 is 17.3 Å². The summed E-state index contributed by atoms with van der Waals surface area (Å²) in [5.74, 6) is 0.302. The molecule has 1 amide bonds. The van der Waals surface area contributed by atoms with Crippen LogP contribution in [0.2, 0.25) is 0 Å². The van der Waals surface area contributed by atoms with Gasteiger partial charge in [-0.05, 0) is 37.0 Å². The highest BCUT2D eigenvalue weighted by atomic mass is 16.1. The number of nitrogens with two attached hydrogens (primary N) is 2. The minimum absolute atomic E-state index is 0.426. The van der Waals surface area contributed by atoms with Gasteiger partial charge in [0.05, 0.1) is 5.56 Å². The summed E-state index contributed by atoms with van der Waals surface area (Å²) >= 11 is 0. The molecule has 0 saturated heterocycles. The third kappa shape index (κ3) is 2.94. The molecule has 0 aliphatic heterocycles. The van der Waals surface area contributed by atoms with Crippen LogP contribution in [-0.4, -0.2) is 11.9 Å². The topological polar surface area (TPSA) is 81.1 Å². The van der Waals surface area contributed by atoms with Crippen molar-refractivity contribution in [2.75, 3.05) is 11.1 Å². The van der Waals surface area contributed by atoms with E-state index in [4.69, 9.17) is 11.5 Å². The molecule has 0 radical (unpaired) electrons. The van der Waals surface area contributed by atoms with Gasteiger partial charge in [0.1, 0.15) is 0 Å². The van der Waals surface area contributed by atoms with Crippen LogP contribution in [0.5, 0.6) is 0 Å². The summed E-state index contributed by atoms with van der Waals surface area (Å²) in [6.07, 6.45) is 4.82. The molecule has 1 fully saturated rings. The van der Waals surface area contributed by atoms with Gasteiger partial charge >= 0.3 is 0 Å². The van der Waals surface area contributed by atoms with Gasteiger partial charge in [-0.25, -0.2) is 0 Å². The van der Waals surface area contributed by atoms with E-state index >= 15 is 0 Å². The van der Waals surface area contributed by atoms with Crippen LogP contribution in [0.1, 0.15) is 43.0 Å². The third-order valence-electron chi connectivity index (χ3n) is 3.61. The first-order valence-corrected chi connectivity index (χ1v) is 6.52. The number of benzene rings is 1. The Hall–Kier alpha value is -1.71. The second kappa shape index (κ2) is 5.29. The minimum atomic E-state index is -0.436. The maximum absolute atomic E-state index is 11.4. The number of nitrogen functional groups attached to an aromatic ring is 1. The van der Waals surface area contributed by atoms with Gasteiger partial charge in [-0.15, -0.1) is 0 Å². The van der Waals surface area contributed by atoms with E-state index in [1.165, 1.54) is 12.8 Å². The first-order chi connectivity index (χ1) is 8.56. The van der Waals surface area contributed by atoms with E-state index < -0.39 is 5.91 Å². The van der Waals surface area contributed by atoms with Crippen LogP contribution in [-0.2, 0) is 0 Å². The van der Waals surface area contributed by atoms with Crippen LogP contribution >= 0.6 is 0 Å². The number of hydrogen-bond acceptors (Lipinski definition) is 3. The van der Waals surface area contributed by atoms with Crippen molar-refractivity contribution < 1.29 is 4.79 Å². The van der Waals surface area contributed by atoms with Crippen molar-refractivity contribution in [3.05, 3.63) is 23.8 Å². The summed E-state index contributed by atoms with van der Waals surface area (Å²) in [4.78, 5) is 11.4. The quantitative estimate of drug-likeness (QED) is 0.717. The van der Waals surface area contributed by atoms with E-state index in [0.29, 0.717) is 17.3 Å². The lowest BCUT2D eigenvalue weighted by atomic mass is 9.87. The van der Waals surface area contributed by atoms with Crippen LogP contribution in [0.3, 0.4) is 0 Å². The van der Waals surface area contributed by atoms with Gasteiger partial charge in [-0.1, -0.05) is 19.8 Å². The summed E-state index contributed by atoms with van der Waals surface area (Å²) in [5.41, 5.74) is 12.9. The summed E-state index contributed by atoms with van der Waals surface area (Å²) in [6, 6.07) is 5.70. The smallest absolute Gasteiger partial charge is 0.250 e. The van der Waals surface area contributed by atoms with Gasteiger partial charge in [0.25, 0.3) is 5.91 Å². The molecule has 18 heavy (non-hydrogen) atoms. The van der Waals surface area contributed by atoms with Crippen molar-refractivity contribution in [2.45, 2.75) is 38.6 Å². The monoisotopic (exact) mass is 247 g/mol. The Morgan fingerprint density at radius 2 is 2.17 bits per heavy atom. The molecule has 0 aromatic heterocycles. The normalized spacial score (nSPS) is 23.6. The average molecular weight is 247 g/mol. The van der Waals surface area contributed by atoms with Gasteiger partial charge in [0.2, 0.25) is 0 Å². The highest BCUT2D eigenvalue weighted by Gasteiger charge is 2.20. The molecule has 2 unspecified atom stereocenters. The zero-order chi connectivity index (χ0) is 13.1. The lowest BCUT2D eigenvalue weighted by Crippen LogP contribution is -2.27. The van der Waals surface area contributed by atoms with Gasteiger partial charge in [0, 0.05) is 17.4 Å². The highest BCUT2D eigenvalue weighted by Crippen LogP contribution is 2.28. The third-order valence-corrected chi connectivity index (χ3v) is 3.61. The molecule has 5 N–H and O–H groups in total. The number of primary amides is 1. The summed E-state index contributed by atoms with van der Waals surface area (Å²) in [6.45, 7) is 2.27. The Labute approximate surface area is 108 Å². The molecular formula is C14H21N3O. The standard InChI is InChI=1S/C14H21N3O/c1-9-3-2-4-11(7-9)17-13-6-5-10(15)8-12(13)14(16)18/h5-6,8-9,11,17H,2-4,7,15H2,1H3,(H2,16,18). The van der Waals surface area contributed by atoms with E-state index in [9.17, 15) is 4.79 Å². The fourth-order valence-electron chi connectivity index (χ4n) is 2.68. The number of rotatable bonds is 3. The number of anilines is 2. The van der Waals surface area contributed by atoms with Gasteiger partial charge in [-0.2, -0.15) is 0 Å². The zero-order valence-electron chi connectivity index (χ0n) is 10.8. The molecule has 2 atom stereocenters. The summed E-state index contributed by atoms with van der Waals surface area (Å²) in [5, 5.41) is 3.43. The number of nitrogens with one attached hydrogen (secondary N) is 1. The minimum Gasteiger partial charge on any atom is -0.399 e. The molecule has 0 bridgehead atoms. The van der Waals surface area contributed by atoms with E-state index in [1.54, 1.807) is 12.1 Å². The Kier molecular flexibility index (Phi) is 3.75. The summed E-state index contributed by atoms with van der Waals surface area (Å²) < 4.78 is 0. The molecule has 2 rings (SSSR count). The number of amides is 1. The van der Waals surface area contributed by atoms with Crippen LogP contribution in [0.4, 0.5) is 11.4 Å². The molecule has 1 aromatic carbocycles. The lowest BCUT2D eigenvalue weighted by molar-refractivity contribution is 0.100. The SMILES string of the molecule is CC1CCCC(Nc2ccc(N)cc2C(N)=O)C1. The maximum Gasteiger partial charge on any atom is 0.250 e. The molecule has 1 aliphatic rings. The molecule has 1 aliphatic carbocycles. The highest BCUT2D eigenvalue weighted by molar-refractivity contribution is 5.99. The second-order valence-corrected chi connectivity index (χ2v) is 5.28. The van der Waals surface area contributed by atoms with Crippen molar-refractivity contribution in [1.82, 2.24) is 0 Å². The molecule has 98 valence electrons. The van der Waals surface area contributed by atoms with E-state index in [2.05, 4.69) is 12.2 Å². The Bertz CT molecular complexity index is 445. The van der Waals surface area contributed by atoms with E-state index in [-0.39, 0.29) is 0 Å². The first kappa shape index (κ1) is 12.7. The first-order valence-electron chi connectivity index (χ1n) is 6.52. The fraction of sp³-hybridized carbons (Fsp3) is 0.500. The number of carbonyl (C=O) groups excluding carboxylic acids is 1. The molecule has 0 heterocycles. The molecular weight excluding hydrogens is 226 g/mol. The zero-order valence-corrected chi connectivity index (χ0v) is 10.8. The average Bonchev–Trinajstić information content (AvgIpc) is 2.31. The molecule has 1 saturated carbocycles. The van der Waals surface area contributed by atoms with Crippen molar-refractivity contribution in [2.24, 2.45) is 11.7 Å². The molecule has 1 aromatic rings. The van der Waals surface area contributed by atoms with Crippen LogP contribution in [0.25, 0.3) is 0 Å². The van der Waals surface area contributed by atoms with Gasteiger partial charge < -0.3 is 16.8 Å². The lowest BCUT2D eigenvalue weighted by Gasteiger charge is -2.28. The van der Waals surface area contributed by atoms with E-state index in [0.717, 1.165) is 24.4 Å².